The van der Waals surface area contributed by atoms with Crippen LogP contribution in [0.2, 0.25) is 5.02 Å². The van der Waals surface area contributed by atoms with Crippen molar-refractivity contribution >= 4 is 29.6 Å². The van der Waals surface area contributed by atoms with Gasteiger partial charge in [-0.3, -0.25) is 4.79 Å². The van der Waals surface area contributed by atoms with Gasteiger partial charge in [0.05, 0.1) is 31.0 Å². The average molecular weight is 457 g/mol. The lowest BCUT2D eigenvalue weighted by Crippen LogP contribution is -2.44. The van der Waals surface area contributed by atoms with Crippen LogP contribution in [0.15, 0.2) is 70.9 Å². The first-order valence-corrected chi connectivity index (χ1v) is 10.5. The molecule has 0 bridgehead atoms. The maximum Gasteiger partial charge on any atom is 0.338 e. The number of nitrogens with zero attached hydrogens (tertiary/aromatic N) is 2. The van der Waals surface area contributed by atoms with Crippen molar-refractivity contribution in [1.29, 1.82) is 0 Å². The molecule has 7 nitrogen and oxygen atoms in total. The number of esters is 2. The molecule has 0 aromatic heterocycles. The Morgan fingerprint density at radius 2 is 1.84 bits per heavy atom. The minimum absolute atomic E-state index is 0.109. The van der Waals surface area contributed by atoms with Crippen molar-refractivity contribution < 1.29 is 23.8 Å². The van der Waals surface area contributed by atoms with Gasteiger partial charge in [-0.05, 0) is 37.1 Å². The van der Waals surface area contributed by atoms with Gasteiger partial charge in [-0.15, -0.1) is 0 Å². The van der Waals surface area contributed by atoms with Gasteiger partial charge in [-0.2, -0.15) is 0 Å². The summed E-state index contributed by atoms with van der Waals surface area (Å²) < 4.78 is 16.2. The first kappa shape index (κ1) is 23.3. The van der Waals surface area contributed by atoms with Gasteiger partial charge in [0.1, 0.15) is 13.2 Å². The Morgan fingerprint density at radius 3 is 2.50 bits per heavy atom. The summed E-state index contributed by atoms with van der Waals surface area (Å²) in [4.78, 5) is 31.6. The molecule has 0 amide bonds. The van der Waals surface area contributed by atoms with Crippen LogP contribution in [0.25, 0.3) is 0 Å². The van der Waals surface area contributed by atoms with E-state index in [0.29, 0.717) is 21.9 Å². The summed E-state index contributed by atoms with van der Waals surface area (Å²) in [6.07, 6.45) is 0. The average Bonchev–Trinajstić information content (AvgIpc) is 2.78. The molecule has 0 fully saturated rings. The fourth-order valence-corrected chi connectivity index (χ4v) is 3.68. The molecule has 0 spiro atoms. The zero-order chi connectivity index (χ0) is 23.1. The zero-order valence-electron chi connectivity index (χ0n) is 18.2. The largest absolute Gasteiger partial charge is 0.468 e. The lowest BCUT2D eigenvalue weighted by Gasteiger charge is -2.36. The number of aliphatic imine (C=N–C) groups is 1. The maximum absolute atomic E-state index is 13.2. The van der Waals surface area contributed by atoms with Gasteiger partial charge in [-0.1, -0.05) is 54.1 Å². The van der Waals surface area contributed by atoms with Gasteiger partial charge < -0.3 is 19.1 Å². The predicted octanol–water partition coefficient (Wildman–Crippen LogP) is 4.28. The second-order valence-electron chi connectivity index (χ2n) is 7.05. The van der Waals surface area contributed by atoms with E-state index in [2.05, 4.69) is 4.99 Å². The molecule has 2 aromatic rings. The van der Waals surface area contributed by atoms with Gasteiger partial charge in [0.15, 0.2) is 0 Å². The van der Waals surface area contributed by atoms with Crippen molar-refractivity contribution in [3.8, 4) is 0 Å². The number of benzene rings is 2. The number of hydrogen-bond donors (Lipinski definition) is 0. The Morgan fingerprint density at radius 1 is 1.09 bits per heavy atom. The smallest absolute Gasteiger partial charge is 0.338 e. The zero-order valence-corrected chi connectivity index (χ0v) is 19.0. The molecule has 2 aromatic carbocycles. The third-order valence-corrected chi connectivity index (χ3v) is 5.10. The number of halogens is 1. The summed E-state index contributed by atoms with van der Waals surface area (Å²) in [7, 11) is 1.46. The van der Waals surface area contributed by atoms with E-state index in [1.165, 1.54) is 7.11 Å². The molecule has 168 valence electrons. The minimum atomic E-state index is -0.700. The lowest BCUT2D eigenvalue weighted by molar-refractivity contribution is -0.145. The molecule has 0 saturated carbocycles. The molecule has 3 rings (SSSR count). The van der Waals surface area contributed by atoms with E-state index in [9.17, 15) is 9.59 Å². The molecule has 0 saturated heterocycles. The Hall–Kier alpha value is -3.32. The van der Waals surface area contributed by atoms with Crippen LogP contribution in [0.1, 0.15) is 31.0 Å². The highest BCUT2D eigenvalue weighted by Crippen LogP contribution is 2.37. The lowest BCUT2D eigenvalue weighted by atomic mass is 9.94. The Kier molecular flexibility index (Phi) is 7.89. The van der Waals surface area contributed by atoms with Gasteiger partial charge in [0.25, 0.3) is 6.02 Å². The molecule has 0 N–H and O–H groups in total. The monoisotopic (exact) mass is 456 g/mol. The molecular formula is C24H25ClN2O5. The van der Waals surface area contributed by atoms with Crippen LogP contribution in [-0.2, 0) is 30.4 Å². The number of amidine groups is 1. The van der Waals surface area contributed by atoms with Crippen LogP contribution in [0, 0.1) is 0 Å². The van der Waals surface area contributed by atoms with E-state index in [0.717, 1.165) is 5.56 Å². The summed E-state index contributed by atoms with van der Waals surface area (Å²) in [5, 5.41) is 0.495. The first-order chi connectivity index (χ1) is 15.4. The van der Waals surface area contributed by atoms with Crippen LogP contribution in [0.4, 0.5) is 0 Å². The third kappa shape index (κ3) is 5.48. The van der Waals surface area contributed by atoms with Gasteiger partial charge in [-0.25, -0.2) is 9.79 Å². The van der Waals surface area contributed by atoms with Gasteiger partial charge in [0, 0.05) is 5.02 Å². The normalized spacial score (nSPS) is 15.8. The van der Waals surface area contributed by atoms with Crippen molar-refractivity contribution in [2.45, 2.75) is 26.5 Å². The molecule has 8 heteroatoms. The number of carbonyl (C=O) groups excluding carboxylic acids is 2. The van der Waals surface area contributed by atoms with E-state index in [1.54, 1.807) is 36.9 Å². The number of ether oxygens (including phenoxy) is 3. The SMILES string of the molecule is CCOC(=O)CN1C(OC)=NC(C)=C(C(=O)OCc2ccccc2)C1c1cccc(Cl)c1. The summed E-state index contributed by atoms with van der Waals surface area (Å²) in [5.74, 6) is -1.01. The van der Waals surface area contributed by atoms with Crippen LogP contribution >= 0.6 is 11.6 Å². The van der Waals surface area contributed by atoms with Crippen LogP contribution in [0.5, 0.6) is 0 Å². The quantitative estimate of drug-likeness (QED) is 0.579. The van der Waals surface area contributed by atoms with Gasteiger partial charge >= 0.3 is 11.9 Å². The summed E-state index contributed by atoms with van der Waals surface area (Å²) in [6, 6.07) is 16.0. The molecule has 1 unspecified atom stereocenters. The van der Waals surface area contributed by atoms with Crippen molar-refractivity contribution in [2.75, 3.05) is 20.3 Å². The van der Waals surface area contributed by atoms with E-state index in [-0.39, 0.29) is 25.8 Å². The first-order valence-electron chi connectivity index (χ1n) is 10.2. The highest BCUT2D eigenvalue weighted by molar-refractivity contribution is 6.30. The second kappa shape index (κ2) is 10.8. The number of hydrogen-bond acceptors (Lipinski definition) is 7. The van der Waals surface area contributed by atoms with E-state index < -0.39 is 18.0 Å². The molecule has 0 aliphatic carbocycles. The number of rotatable bonds is 7. The van der Waals surface area contributed by atoms with E-state index in [1.807, 2.05) is 36.4 Å². The minimum Gasteiger partial charge on any atom is -0.468 e. The standard InChI is InChI=1S/C24H25ClN2O5/c1-4-31-20(28)14-27-22(18-11-8-12-19(25)13-18)21(16(2)26-24(27)30-3)23(29)32-15-17-9-6-5-7-10-17/h5-13,22H,4,14-15H2,1-3H3. The fourth-order valence-electron chi connectivity index (χ4n) is 3.48. The summed E-state index contributed by atoms with van der Waals surface area (Å²) >= 11 is 6.24. The molecule has 1 atom stereocenters. The van der Waals surface area contributed by atoms with Crippen molar-refractivity contribution in [2.24, 2.45) is 4.99 Å². The molecule has 1 heterocycles. The summed E-state index contributed by atoms with van der Waals surface area (Å²) in [6.45, 7) is 3.61. The number of allylic oxidation sites excluding steroid dienone is 1. The molecule has 32 heavy (non-hydrogen) atoms. The molecule has 1 aliphatic rings. The number of carbonyl (C=O) groups is 2. The Balaban J connectivity index is 2.01. The predicted molar refractivity (Wildman–Crippen MR) is 121 cm³/mol. The van der Waals surface area contributed by atoms with E-state index in [4.69, 9.17) is 25.8 Å². The highest BCUT2D eigenvalue weighted by atomic mass is 35.5. The van der Waals surface area contributed by atoms with Crippen LogP contribution in [-0.4, -0.2) is 43.1 Å². The fraction of sp³-hybridized carbons (Fsp3) is 0.292. The van der Waals surface area contributed by atoms with Crippen LogP contribution in [0.3, 0.4) is 0 Å². The molecule has 1 aliphatic heterocycles. The topological polar surface area (TPSA) is 77.4 Å². The molecule has 0 radical (unpaired) electrons. The maximum atomic E-state index is 13.2. The molecular weight excluding hydrogens is 432 g/mol. The van der Waals surface area contributed by atoms with Crippen molar-refractivity contribution in [1.82, 2.24) is 4.90 Å². The Bertz CT molecular complexity index is 1040. The summed E-state index contributed by atoms with van der Waals surface area (Å²) in [5.41, 5.74) is 2.29. The number of methoxy groups -OCH3 is 1. The van der Waals surface area contributed by atoms with Gasteiger partial charge in [0.2, 0.25) is 0 Å². The second-order valence-corrected chi connectivity index (χ2v) is 7.49. The van der Waals surface area contributed by atoms with Crippen LogP contribution < -0.4 is 0 Å². The van der Waals surface area contributed by atoms with Crippen molar-refractivity contribution in [3.05, 3.63) is 82.0 Å². The third-order valence-electron chi connectivity index (χ3n) is 4.87. The highest BCUT2D eigenvalue weighted by Gasteiger charge is 2.38. The Labute approximate surface area is 192 Å². The van der Waals surface area contributed by atoms with Crippen molar-refractivity contribution in [3.63, 3.8) is 0 Å². The van der Waals surface area contributed by atoms with E-state index >= 15 is 0 Å².